The number of aromatic nitrogens is 3. The SMILES string of the molecule is Cc1cc(C)c(C)c(OCc2csc(C(=O)Nc3ncn(Cc4c(Cl)cccc4Cl)n3)c2)c1. The number of aryl methyl sites for hydroxylation is 2. The highest BCUT2D eigenvalue weighted by atomic mass is 35.5. The summed E-state index contributed by atoms with van der Waals surface area (Å²) in [4.78, 5) is 17.4. The number of rotatable bonds is 7. The van der Waals surface area contributed by atoms with Crippen LogP contribution in [0, 0.1) is 20.8 Å². The molecule has 0 aliphatic heterocycles. The second-order valence-electron chi connectivity index (χ2n) is 7.73. The van der Waals surface area contributed by atoms with E-state index in [-0.39, 0.29) is 11.9 Å². The fraction of sp³-hybridized carbons (Fsp3) is 0.208. The second kappa shape index (κ2) is 9.95. The molecule has 0 radical (unpaired) electrons. The minimum Gasteiger partial charge on any atom is -0.489 e. The van der Waals surface area contributed by atoms with Gasteiger partial charge in [0, 0.05) is 21.2 Å². The summed E-state index contributed by atoms with van der Waals surface area (Å²) >= 11 is 13.8. The van der Waals surface area contributed by atoms with E-state index in [1.54, 1.807) is 22.9 Å². The lowest BCUT2D eigenvalue weighted by molar-refractivity contribution is 0.102. The van der Waals surface area contributed by atoms with Crippen LogP contribution in [0.15, 0.2) is 48.1 Å². The zero-order valence-corrected chi connectivity index (χ0v) is 20.7. The quantitative estimate of drug-likeness (QED) is 0.316. The number of hydrogen-bond donors (Lipinski definition) is 1. The summed E-state index contributed by atoms with van der Waals surface area (Å²) in [7, 11) is 0. The lowest BCUT2D eigenvalue weighted by Gasteiger charge is -2.11. The van der Waals surface area contributed by atoms with Crippen molar-refractivity contribution in [2.45, 2.75) is 33.9 Å². The molecule has 0 fully saturated rings. The first kappa shape index (κ1) is 23.3. The Bertz CT molecular complexity index is 1300. The predicted molar refractivity (Wildman–Crippen MR) is 133 cm³/mol. The van der Waals surface area contributed by atoms with Crippen molar-refractivity contribution in [3.05, 3.63) is 90.8 Å². The summed E-state index contributed by atoms with van der Waals surface area (Å²) in [5.74, 6) is 0.792. The Hall–Kier alpha value is -2.87. The Kier molecular flexibility index (Phi) is 7.02. The Morgan fingerprint density at radius 3 is 2.67 bits per heavy atom. The van der Waals surface area contributed by atoms with Crippen LogP contribution in [0.25, 0.3) is 0 Å². The van der Waals surface area contributed by atoms with E-state index in [9.17, 15) is 4.79 Å². The topological polar surface area (TPSA) is 69.0 Å². The van der Waals surface area contributed by atoms with Crippen molar-refractivity contribution in [1.82, 2.24) is 14.8 Å². The molecule has 0 bridgehead atoms. The molecule has 2 aromatic heterocycles. The molecular weight excluding hydrogens is 479 g/mol. The number of carbonyl (C=O) groups is 1. The van der Waals surface area contributed by atoms with Gasteiger partial charge in [0.25, 0.3) is 5.91 Å². The Labute approximate surface area is 206 Å². The molecule has 0 aliphatic rings. The summed E-state index contributed by atoms with van der Waals surface area (Å²) in [5, 5.41) is 10.0. The summed E-state index contributed by atoms with van der Waals surface area (Å²) in [6.07, 6.45) is 1.52. The predicted octanol–water partition coefficient (Wildman–Crippen LogP) is 6.45. The van der Waals surface area contributed by atoms with Crippen LogP contribution in [-0.4, -0.2) is 20.7 Å². The third-order valence-corrected chi connectivity index (χ3v) is 6.87. The fourth-order valence-electron chi connectivity index (χ4n) is 3.32. The molecule has 0 saturated heterocycles. The molecule has 0 spiro atoms. The maximum absolute atomic E-state index is 12.6. The molecule has 0 unspecified atom stereocenters. The second-order valence-corrected chi connectivity index (χ2v) is 9.46. The third kappa shape index (κ3) is 5.55. The molecule has 0 aliphatic carbocycles. The number of ether oxygens (including phenoxy) is 1. The monoisotopic (exact) mass is 500 g/mol. The Morgan fingerprint density at radius 1 is 1.15 bits per heavy atom. The van der Waals surface area contributed by atoms with E-state index in [0.717, 1.165) is 28.0 Å². The number of halogens is 2. The van der Waals surface area contributed by atoms with Crippen LogP contribution in [-0.2, 0) is 13.2 Å². The van der Waals surface area contributed by atoms with Crippen LogP contribution in [0.5, 0.6) is 5.75 Å². The van der Waals surface area contributed by atoms with Crippen molar-refractivity contribution >= 4 is 46.4 Å². The van der Waals surface area contributed by atoms with Crippen molar-refractivity contribution in [3.8, 4) is 5.75 Å². The molecule has 4 rings (SSSR count). The minimum atomic E-state index is -0.276. The first-order valence-electron chi connectivity index (χ1n) is 10.2. The number of carbonyl (C=O) groups excluding carboxylic acids is 1. The van der Waals surface area contributed by atoms with E-state index in [1.165, 1.54) is 23.2 Å². The maximum atomic E-state index is 12.6. The van der Waals surface area contributed by atoms with E-state index >= 15 is 0 Å². The fourth-order valence-corrected chi connectivity index (χ4v) is 4.63. The smallest absolute Gasteiger partial charge is 0.268 e. The molecule has 1 N–H and O–H groups in total. The maximum Gasteiger partial charge on any atom is 0.268 e. The number of anilines is 1. The van der Waals surface area contributed by atoms with Crippen molar-refractivity contribution in [2.24, 2.45) is 0 Å². The third-order valence-electron chi connectivity index (χ3n) is 5.18. The van der Waals surface area contributed by atoms with Crippen molar-refractivity contribution in [3.63, 3.8) is 0 Å². The van der Waals surface area contributed by atoms with Gasteiger partial charge in [0.1, 0.15) is 18.7 Å². The molecular formula is C24H22Cl2N4O2S. The van der Waals surface area contributed by atoms with E-state index in [0.29, 0.717) is 28.1 Å². The number of amides is 1. The van der Waals surface area contributed by atoms with E-state index < -0.39 is 0 Å². The molecule has 2 aromatic carbocycles. The van der Waals surface area contributed by atoms with Gasteiger partial charge in [0.2, 0.25) is 5.95 Å². The van der Waals surface area contributed by atoms with Crippen LogP contribution in [0.2, 0.25) is 10.0 Å². The van der Waals surface area contributed by atoms with Gasteiger partial charge in [-0.05, 0) is 67.1 Å². The van der Waals surface area contributed by atoms with E-state index in [2.05, 4.69) is 28.4 Å². The van der Waals surface area contributed by atoms with Crippen LogP contribution in [0.4, 0.5) is 5.95 Å². The van der Waals surface area contributed by atoms with Crippen LogP contribution >= 0.6 is 34.5 Å². The van der Waals surface area contributed by atoms with Crippen molar-refractivity contribution in [1.29, 1.82) is 0 Å². The zero-order valence-electron chi connectivity index (χ0n) is 18.4. The number of nitrogens with one attached hydrogen (secondary N) is 1. The molecule has 2 heterocycles. The molecule has 1 amide bonds. The number of hydrogen-bond acceptors (Lipinski definition) is 5. The average molecular weight is 501 g/mol. The highest BCUT2D eigenvalue weighted by molar-refractivity contribution is 7.12. The van der Waals surface area contributed by atoms with Crippen LogP contribution in [0.3, 0.4) is 0 Å². The Balaban J connectivity index is 1.37. The normalized spacial score (nSPS) is 10.9. The van der Waals surface area contributed by atoms with Crippen LogP contribution < -0.4 is 10.1 Å². The summed E-state index contributed by atoms with van der Waals surface area (Å²) in [5.41, 5.74) is 5.14. The van der Waals surface area contributed by atoms with Gasteiger partial charge in [-0.15, -0.1) is 16.4 Å². The highest BCUT2D eigenvalue weighted by Gasteiger charge is 2.14. The number of benzene rings is 2. The van der Waals surface area contributed by atoms with Gasteiger partial charge in [-0.2, -0.15) is 0 Å². The first-order chi connectivity index (χ1) is 15.8. The van der Waals surface area contributed by atoms with Gasteiger partial charge >= 0.3 is 0 Å². The zero-order chi connectivity index (χ0) is 23.5. The largest absolute Gasteiger partial charge is 0.489 e. The molecule has 33 heavy (non-hydrogen) atoms. The number of thiophene rings is 1. The van der Waals surface area contributed by atoms with Crippen LogP contribution in [0.1, 0.15) is 37.5 Å². The Morgan fingerprint density at radius 2 is 1.91 bits per heavy atom. The van der Waals surface area contributed by atoms with Gasteiger partial charge in [-0.3, -0.25) is 10.1 Å². The molecule has 9 heteroatoms. The number of nitrogens with zero attached hydrogens (tertiary/aromatic N) is 3. The molecule has 6 nitrogen and oxygen atoms in total. The lowest BCUT2D eigenvalue weighted by Crippen LogP contribution is -2.12. The van der Waals surface area contributed by atoms with Gasteiger partial charge < -0.3 is 4.74 Å². The van der Waals surface area contributed by atoms with Gasteiger partial charge in [-0.25, -0.2) is 9.67 Å². The van der Waals surface area contributed by atoms with E-state index in [1.807, 2.05) is 31.4 Å². The first-order valence-corrected chi connectivity index (χ1v) is 11.9. The highest BCUT2D eigenvalue weighted by Crippen LogP contribution is 2.26. The average Bonchev–Trinajstić information content (AvgIpc) is 3.42. The standard InChI is InChI=1S/C24H22Cl2N4O2S/c1-14-7-15(2)16(3)21(8-14)32-11-17-9-22(33-12-17)23(31)28-24-27-13-30(29-24)10-18-19(25)5-4-6-20(18)26/h4-9,12-13H,10-11H2,1-3H3,(H,28,29,31). The van der Waals surface area contributed by atoms with E-state index in [4.69, 9.17) is 27.9 Å². The molecule has 0 atom stereocenters. The molecule has 4 aromatic rings. The van der Waals surface area contributed by atoms with Gasteiger partial charge in [-0.1, -0.05) is 35.3 Å². The molecule has 170 valence electrons. The molecule has 0 saturated carbocycles. The lowest BCUT2D eigenvalue weighted by atomic mass is 10.1. The van der Waals surface area contributed by atoms with Gasteiger partial charge in [0.05, 0.1) is 11.4 Å². The summed E-state index contributed by atoms with van der Waals surface area (Å²) < 4.78 is 7.57. The van der Waals surface area contributed by atoms with Crippen molar-refractivity contribution in [2.75, 3.05) is 5.32 Å². The van der Waals surface area contributed by atoms with Gasteiger partial charge in [0.15, 0.2) is 0 Å². The minimum absolute atomic E-state index is 0.209. The summed E-state index contributed by atoms with van der Waals surface area (Å²) in [6.45, 7) is 6.90. The van der Waals surface area contributed by atoms with Crippen molar-refractivity contribution < 1.29 is 9.53 Å². The summed E-state index contributed by atoms with van der Waals surface area (Å²) in [6, 6.07) is 11.3.